The van der Waals surface area contributed by atoms with Gasteiger partial charge in [0.15, 0.2) is 0 Å². The predicted molar refractivity (Wildman–Crippen MR) is 57.6 cm³/mol. The molecule has 0 aromatic rings. The molecule has 86 valence electrons. The van der Waals surface area contributed by atoms with E-state index in [0.29, 0.717) is 6.04 Å². The molecule has 1 unspecified atom stereocenters. The lowest BCUT2D eigenvalue weighted by Gasteiger charge is -2.39. The van der Waals surface area contributed by atoms with Crippen molar-refractivity contribution in [2.75, 3.05) is 33.3 Å². The Morgan fingerprint density at radius 2 is 2.20 bits per heavy atom. The average molecular weight is 212 g/mol. The summed E-state index contributed by atoms with van der Waals surface area (Å²) in [6.07, 6.45) is 1.77. The van der Waals surface area contributed by atoms with Gasteiger partial charge < -0.3 is 14.5 Å². The van der Waals surface area contributed by atoms with E-state index in [9.17, 15) is 4.79 Å². The molecular formula is C11H20N2O2. The number of likely N-dealkylation sites (N-methyl/N-ethyl adjacent to an activating group) is 1. The Hall–Kier alpha value is -0.610. The van der Waals surface area contributed by atoms with Crippen molar-refractivity contribution in [3.05, 3.63) is 0 Å². The van der Waals surface area contributed by atoms with Crippen molar-refractivity contribution >= 4 is 5.91 Å². The van der Waals surface area contributed by atoms with Crippen LogP contribution in [0.15, 0.2) is 0 Å². The fraction of sp³-hybridized carbons (Fsp3) is 0.909. The van der Waals surface area contributed by atoms with Crippen LogP contribution in [0.2, 0.25) is 0 Å². The summed E-state index contributed by atoms with van der Waals surface area (Å²) in [5.41, 5.74) is 0. The Morgan fingerprint density at radius 1 is 1.40 bits per heavy atom. The van der Waals surface area contributed by atoms with E-state index in [1.807, 2.05) is 4.90 Å². The van der Waals surface area contributed by atoms with Gasteiger partial charge in [0.2, 0.25) is 0 Å². The third kappa shape index (κ3) is 2.32. The lowest BCUT2D eigenvalue weighted by atomic mass is 10.1. The minimum atomic E-state index is -0.157. The number of piperazine rings is 1. The Kier molecular flexibility index (Phi) is 3.26. The van der Waals surface area contributed by atoms with Gasteiger partial charge >= 0.3 is 0 Å². The van der Waals surface area contributed by atoms with Gasteiger partial charge in [0.05, 0.1) is 0 Å². The fourth-order valence-corrected chi connectivity index (χ4v) is 2.42. The fourth-order valence-electron chi connectivity index (χ4n) is 2.42. The zero-order chi connectivity index (χ0) is 10.8. The molecule has 4 nitrogen and oxygen atoms in total. The molecule has 0 aromatic heterocycles. The van der Waals surface area contributed by atoms with Crippen molar-refractivity contribution in [1.29, 1.82) is 0 Å². The molecule has 2 heterocycles. The second-order valence-corrected chi connectivity index (χ2v) is 4.64. The third-order valence-electron chi connectivity index (χ3n) is 3.32. The van der Waals surface area contributed by atoms with Gasteiger partial charge in [-0.3, -0.25) is 4.79 Å². The average Bonchev–Trinajstić information content (AvgIpc) is 2.69. The van der Waals surface area contributed by atoms with Crippen molar-refractivity contribution in [2.45, 2.75) is 31.9 Å². The van der Waals surface area contributed by atoms with Crippen molar-refractivity contribution in [3.8, 4) is 0 Å². The molecule has 2 aliphatic rings. The molecule has 0 N–H and O–H groups in total. The lowest BCUT2D eigenvalue weighted by Crippen LogP contribution is -2.55. The van der Waals surface area contributed by atoms with Crippen LogP contribution < -0.4 is 0 Å². The maximum Gasteiger partial charge on any atom is 0.252 e. The van der Waals surface area contributed by atoms with E-state index in [1.165, 1.54) is 0 Å². The van der Waals surface area contributed by atoms with Crippen LogP contribution in [0.3, 0.4) is 0 Å². The first kappa shape index (κ1) is 10.9. The normalized spacial score (nSPS) is 33.3. The van der Waals surface area contributed by atoms with Crippen LogP contribution in [0, 0.1) is 0 Å². The van der Waals surface area contributed by atoms with Crippen LogP contribution in [0.5, 0.6) is 0 Å². The standard InChI is InChI=1S/C11H20N2O2/c1-9-8-12(2)5-6-13(9)11(14)10-4-3-7-15-10/h9-10H,3-8H2,1-2H3/t9-,10?/m1/s1. The number of hydrogen-bond donors (Lipinski definition) is 0. The Bertz CT molecular complexity index is 239. The molecule has 2 atom stereocenters. The highest BCUT2D eigenvalue weighted by molar-refractivity contribution is 5.81. The summed E-state index contributed by atoms with van der Waals surface area (Å²) in [5.74, 6) is 0.202. The van der Waals surface area contributed by atoms with Gasteiger partial charge in [-0.1, -0.05) is 0 Å². The molecule has 0 aliphatic carbocycles. The van der Waals surface area contributed by atoms with Crippen molar-refractivity contribution in [2.24, 2.45) is 0 Å². The minimum absolute atomic E-state index is 0.157. The molecule has 2 rings (SSSR count). The summed E-state index contributed by atoms with van der Waals surface area (Å²) in [6, 6.07) is 0.320. The molecule has 0 saturated carbocycles. The van der Waals surface area contributed by atoms with Crippen molar-refractivity contribution in [1.82, 2.24) is 9.80 Å². The molecule has 15 heavy (non-hydrogen) atoms. The number of carbonyl (C=O) groups is 1. The molecule has 0 radical (unpaired) electrons. The molecule has 0 spiro atoms. The van der Waals surface area contributed by atoms with Gasteiger partial charge in [-0.05, 0) is 26.8 Å². The molecule has 0 aromatic carbocycles. The van der Waals surface area contributed by atoms with Gasteiger partial charge in [0.1, 0.15) is 6.10 Å². The van der Waals surface area contributed by atoms with E-state index in [0.717, 1.165) is 39.1 Å². The first-order valence-corrected chi connectivity index (χ1v) is 5.79. The second-order valence-electron chi connectivity index (χ2n) is 4.64. The summed E-state index contributed by atoms with van der Waals surface area (Å²) in [7, 11) is 2.10. The number of amides is 1. The molecule has 0 bridgehead atoms. The maximum atomic E-state index is 12.1. The number of rotatable bonds is 1. The summed E-state index contributed by atoms with van der Waals surface area (Å²) in [4.78, 5) is 16.3. The molecule has 4 heteroatoms. The van der Waals surface area contributed by atoms with E-state index in [-0.39, 0.29) is 12.0 Å². The second kappa shape index (κ2) is 4.49. The zero-order valence-electron chi connectivity index (χ0n) is 9.61. The van der Waals surface area contributed by atoms with E-state index in [4.69, 9.17) is 4.74 Å². The predicted octanol–water partition coefficient (Wildman–Crippen LogP) is 0.328. The lowest BCUT2D eigenvalue weighted by molar-refractivity contribution is -0.145. The first-order valence-electron chi connectivity index (χ1n) is 5.79. The molecule has 2 saturated heterocycles. The Balaban J connectivity index is 1.94. The smallest absolute Gasteiger partial charge is 0.252 e. The molecule has 2 fully saturated rings. The Morgan fingerprint density at radius 3 is 2.80 bits per heavy atom. The molecule has 1 amide bonds. The third-order valence-corrected chi connectivity index (χ3v) is 3.32. The quantitative estimate of drug-likeness (QED) is 0.628. The van der Waals surface area contributed by atoms with Crippen LogP contribution in [-0.2, 0) is 9.53 Å². The highest BCUT2D eigenvalue weighted by Crippen LogP contribution is 2.17. The van der Waals surface area contributed by atoms with E-state index in [1.54, 1.807) is 0 Å². The van der Waals surface area contributed by atoms with Gasteiger partial charge in [-0.25, -0.2) is 0 Å². The van der Waals surface area contributed by atoms with Crippen LogP contribution >= 0.6 is 0 Å². The van der Waals surface area contributed by atoms with Crippen LogP contribution in [0.4, 0.5) is 0 Å². The maximum absolute atomic E-state index is 12.1. The molecule has 2 aliphatic heterocycles. The topological polar surface area (TPSA) is 32.8 Å². The van der Waals surface area contributed by atoms with Crippen LogP contribution in [-0.4, -0.2) is 61.1 Å². The van der Waals surface area contributed by atoms with E-state index in [2.05, 4.69) is 18.9 Å². The SMILES string of the molecule is C[C@@H]1CN(C)CCN1C(=O)C1CCCO1. The van der Waals surface area contributed by atoms with Gasteiger partial charge in [0, 0.05) is 32.3 Å². The summed E-state index contributed by atoms with van der Waals surface area (Å²) in [5, 5.41) is 0. The van der Waals surface area contributed by atoms with Crippen LogP contribution in [0.1, 0.15) is 19.8 Å². The number of nitrogens with zero attached hydrogens (tertiary/aromatic N) is 2. The van der Waals surface area contributed by atoms with Gasteiger partial charge in [-0.15, -0.1) is 0 Å². The van der Waals surface area contributed by atoms with Crippen molar-refractivity contribution in [3.63, 3.8) is 0 Å². The monoisotopic (exact) mass is 212 g/mol. The molecular weight excluding hydrogens is 192 g/mol. The van der Waals surface area contributed by atoms with E-state index < -0.39 is 0 Å². The number of carbonyl (C=O) groups excluding carboxylic acids is 1. The van der Waals surface area contributed by atoms with E-state index >= 15 is 0 Å². The highest BCUT2D eigenvalue weighted by Gasteiger charge is 2.32. The first-order chi connectivity index (χ1) is 7.18. The van der Waals surface area contributed by atoms with Gasteiger partial charge in [-0.2, -0.15) is 0 Å². The summed E-state index contributed by atoms with van der Waals surface area (Å²) in [6.45, 7) is 5.65. The summed E-state index contributed by atoms with van der Waals surface area (Å²) >= 11 is 0. The Labute approximate surface area is 91.2 Å². The zero-order valence-corrected chi connectivity index (χ0v) is 9.61. The van der Waals surface area contributed by atoms with Crippen molar-refractivity contribution < 1.29 is 9.53 Å². The largest absolute Gasteiger partial charge is 0.368 e. The summed E-state index contributed by atoms with van der Waals surface area (Å²) < 4.78 is 5.44. The highest BCUT2D eigenvalue weighted by atomic mass is 16.5. The number of hydrogen-bond acceptors (Lipinski definition) is 3. The van der Waals surface area contributed by atoms with Crippen LogP contribution in [0.25, 0.3) is 0 Å². The number of ether oxygens (including phenoxy) is 1. The van der Waals surface area contributed by atoms with Gasteiger partial charge in [0.25, 0.3) is 5.91 Å². The minimum Gasteiger partial charge on any atom is -0.368 e.